The fourth-order valence-corrected chi connectivity index (χ4v) is 5.17. The third-order valence-corrected chi connectivity index (χ3v) is 7.00. The van der Waals surface area contributed by atoms with Crippen LogP contribution in [0.1, 0.15) is 17.0 Å². The van der Waals surface area contributed by atoms with Gasteiger partial charge in [0.25, 0.3) is 10.0 Å². The number of halogens is 2. The number of hydrogen-bond donors (Lipinski definition) is 1. The third-order valence-electron chi connectivity index (χ3n) is 3.68. The molecule has 0 bridgehead atoms. The van der Waals surface area contributed by atoms with Gasteiger partial charge in [0.1, 0.15) is 4.21 Å². The lowest BCUT2D eigenvalue weighted by Gasteiger charge is -2.08. The van der Waals surface area contributed by atoms with Crippen molar-refractivity contribution in [3.05, 3.63) is 62.7 Å². The van der Waals surface area contributed by atoms with E-state index < -0.39 is 10.0 Å². The lowest BCUT2D eigenvalue weighted by atomic mass is 10.2. The van der Waals surface area contributed by atoms with Crippen LogP contribution in [0.2, 0.25) is 9.36 Å². The van der Waals surface area contributed by atoms with Crippen LogP contribution in [0.4, 0.5) is 5.69 Å². The number of rotatable bonds is 5. The van der Waals surface area contributed by atoms with Crippen LogP contribution in [-0.2, 0) is 16.6 Å². The van der Waals surface area contributed by atoms with E-state index in [1.54, 1.807) is 17.7 Å². The van der Waals surface area contributed by atoms with Gasteiger partial charge in [0.05, 0.1) is 28.0 Å². The van der Waals surface area contributed by atoms with E-state index in [1.165, 1.54) is 6.07 Å². The van der Waals surface area contributed by atoms with Gasteiger partial charge >= 0.3 is 0 Å². The van der Waals surface area contributed by atoms with Gasteiger partial charge in [0, 0.05) is 5.02 Å². The number of aryl methyl sites for hydroxylation is 1. The van der Waals surface area contributed by atoms with Crippen molar-refractivity contribution < 1.29 is 8.42 Å². The zero-order chi connectivity index (χ0) is 18.2. The average molecular weight is 416 g/mol. The van der Waals surface area contributed by atoms with Crippen LogP contribution in [-0.4, -0.2) is 18.2 Å². The summed E-state index contributed by atoms with van der Waals surface area (Å²) in [7, 11) is -3.69. The van der Waals surface area contributed by atoms with Crippen LogP contribution in [0.3, 0.4) is 0 Å². The van der Waals surface area contributed by atoms with Crippen LogP contribution in [0.25, 0.3) is 0 Å². The maximum Gasteiger partial charge on any atom is 0.271 e. The summed E-state index contributed by atoms with van der Waals surface area (Å²) in [6, 6.07) is 10.5. The monoisotopic (exact) mass is 415 g/mol. The van der Waals surface area contributed by atoms with E-state index in [1.807, 2.05) is 31.2 Å². The standard InChI is InChI=1S/C16H15Cl2N3O2S2/c1-10-16(20-25(22,23)15-8-7-14(18)24-15)11(2)21(19-10)9-12-3-5-13(17)6-4-12/h3-8,20H,9H2,1-2H3. The van der Waals surface area contributed by atoms with E-state index >= 15 is 0 Å². The number of hydrogen-bond acceptors (Lipinski definition) is 4. The molecule has 1 aromatic carbocycles. The van der Waals surface area contributed by atoms with E-state index in [9.17, 15) is 8.42 Å². The predicted octanol–water partition coefficient (Wildman–Crippen LogP) is 4.72. The Morgan fingerprint density at radius 1 is 1.12 bits per heavy atom. The number of anilines is 1. The molecular weight excluding hydrogens is 401 g/mol. The molecule has 0 spiro atoms. The number of thiophene rings is 1. The molecule has 132 valence electrons. The molecule has 2 heterocycles. The fourth-order valence-electron chi connectivity index (χ4n) is 2.39. The largest absolute Gasteiger partial charge is 0.275 e. The van der Waals surface area contributed by atoms with Crippen molar-refractivity contribution in [1.82, 2.24) is 9.78 Å². The molecule has 0 atom stereocenters. The Morgan fingerprint density at radius 3 is 2.40 bits per heavy atom. The average Bonchev–Trinajstić information content (AvgIpc) is 3.09. The van der Waals surface area contributed by atoms with Crippen LogP contribution in [0.15, 0.2) is 40.6 Å². The second kappa shape index (κ2) is 6.99. The maximum atomic E-state index is 12.5. The molecule has 0 unspecified atom stereocenters. The quantitative estimate of drug-likeness (QED) is 0.655. The van der Waals surface area contributed by atoms with Gasteiger partial charge in [-0.1, -0.05) is 35.3 Å². The van der Waals surface area contributed by atoms with Gasteiger partial charge in [-0.15, -0.1) is 11.3 Å². The first-order chi connectivity index (χ1) is 11.8. The maximum absolute atomic E-state index is 12.5. The summed E-state index contributed by atoms with van der Waals surface area (Å²) < 4.78 is 30.0. The number of nitrogens with zero attached hydrogens (tertiary/aromatic N) is 2. The first-order valence-electron chi connectivity index (χ1n) is 7.33. The molecule has 0 aliphatic heterocycles. The van der Waals surface area contributed by atoms with Gasteiger partial charge < -0.3 is 0 Å². The van der Waals surface area contributed by atoms with E-state index in [2.05, 4.69) is 9.82 Å². The van der Waals surface area contributed by atoms with Crippen molar-refractivity contribution >= 4 is 50.2 Å². The summed E-state index contributed by atoms with van der Waals surface area (Å²) in [4.78, 5) is 0. The highest BCUT2D eigenvalue weighted by atomic mass is 35.5. The van der Waals surface area contributed by atoms with E-state index in [-0.39, 0.29) is 4.21 Å². The lowest BCUT2D eigenvalue weighted by molar-refractivity contribution is 0.603. The number of benzene rings is 1. The molecule has 9 heteroatoms. The zero-order valence-electron chi connectivity index (χ0n) is 13.5. The molecule has 1 N–H and O–H groups in total. The van der Waals surface area contributed by atoms with Gasteiger partial charge in [0.2, 0.25) is 0 Å². The first kappa shape index (κ1) is 18.3. The van der Waals surface area contributed by atoms with Crippen molar-refractivity contribution in [2.45, 2.75) is 24.6 Å². The van der Waals surface area contributed by atoms with Gasteiger partial charge in [-0.05, 0) is 43.7 Å². The Hall–Kier alpha value is -1.54. The van der Waals surface area contributed by atoms with Crippen molar-refractivity contribution in [2.24, 2.45) is 0 Å². The lowest BCUT2D eigenvalue weighted by Crippen LogP contribution is -2.13. The summed E-state index contributed by atoms with van der Waals surface area (Å²) in [6.45, 7) is 4.12. The Balaban J connectivity index is 1.88. The topological polar surface area (TPSA) is 64.0 Å². The summed E-state index contributed by atoms with van der Waals surface area (Å²) in [6.07, 6.45) is 0. The third kappa shape index (κ3) is 4.00. The van der Waals surface area contributed by atoms with Crippen molar-refractivity contribution in [3.63, 3.8) is 0 Å². The molecular formula is C16H15Cl2N3O2S2. The van der Waals surface area contributed by atoms with Gasteiger partial charge in [-0.25, -0.2) is 8.42 Å². The molecule has 0 radical (unpaired) electrons. The Labute approximate surface area is 160 Å². The Kier molecular flexibility index (Phi) is 5.11. The first-order valence-corrected chi connectivity index (χ1v) is 10.4. The molecule has 0 amide bonds. The summed E-state index contributed by atoms with van der Waals surface area (Å²) in [5.74, 6) is 0. The molecule has 0 fully saturated rings. The second-order valence-electron chi connectivity index (χ2n) is 5.49. The molecule has 0 aliphatic rings. The number of nitrogens with one attached hydrogen (secondary N) is 1. The number of aromatic nitrogens is 2. The molecule has 0 aliphatic carbocycles. The van der Waals surface area contributed by atoms with Gasteiger partial charge in [-0.2, -0.15) is 5.10 Å². The molecule has 3 aromatic rings. The van der Waals surface area contributed by atoms with Crippen LogP contribution in [0, 0.1) is 13.8 Å². The molecule has 3 rings (SSSR count). The Morgan fingerprint density at radius 2 is 1.80 bits per heavy atom. The van der Waals surface area contributed by atoms with Crippen molar-refractivity contribution in [3.8, 4) is 0 Å². The number of sulfonamides is 1. The highest BCUT2D eigenvalue weighted by molar-refractivity contribution is 7.94. The van der Waals surface area contributed by atoms with Crippen molar-refractivity contribution in [1.29, 1.82) is 0 Å². The molecule has 0 saturated carbocycles. The molecule has 5 nitrogen and oxygen atoms in total. The summed E-state index contributed by atoms with van der Waals surface area (Å²) in [5.41, 5.74) is 2.85. The highest BCUT2D eigenvalue weighted by Gasteiger charge is 2.21. The summed E-state index contributed by atoms with van der Waals surface area (Å²) >= 11 is 12.7. The van der Waals surface area contributed by atoms with E-state index in [0.717, 1.165) is 22.6 Å². The van der Waals surface area contributed by atoms with Gasteiger partial charge in [0.15, 0.2) is 0 Å². The van der Waals surface area contributed by atoms with Crippen LogP contribution >= 0.6 is 34.5 Å². The second-order valence-corrected chi connectivity index (χ2v) is 9.55. The van der Waals surface area contributed by atoms with Crippen molar-refractivity contribution in [2.75, 3.05) is 4.72 Å². The normalized spacial score (nSPS) is 11.7. The Bertz CT molecular complexity index is 1010. The highest BCUT2D eigenvalue weighted by Crippen LogP contribution is 2.29. The minimum Gasteiger partial charge on any atom is -0.275 e. The summed E-state index contributed by atoms with van der Waals surface area (Å²) in [5, 5.41) is 5.11. The zero-order valence-corrected chi connectivity index (χ0v) is 16.6. The smallest absolute Gasteiger partial charge is 0.271 e. The fraction of sp³-hybridized carbons (Fsp3) is 0.188. The molecule has 2 aromatic heterocycles. The molecule has 25 heavy (non-hydrogen) atoms. The minimum absolute atomic E-state index is 0.168. The van der Waals surface area contributed by atoms with E-state index in [0.29, 0.717) is 27.3 Å². The molecule has 0 saturated heterocycles. The minimum atomic E-state index is -3.69. The van der Waals surface area contributed by atoms with Crippen LogP contribution < -0.4 is 4.72 Å². The predicted molar refractivity (Wildman–Crippen MR) is 102 cm³/mol. The van der Waals surface area contributed by atoms with E-state index in [4.69, 9.17) is 23.2 Å². The van der Waals surface area contributed by atoms with Crippen LogP contribution in [0.5, 0.6) is 0 Å². The van der Waals surface area contributed by atoms with Gasteiger partial charge in [-0.3, -0.25) is 9.40 Å². The SMILES string of the molecule is Cc1nn(Cc2ccc(Cl)cc2)c(C)c1NS(=O)(=O)c1ccc(Cl)s1.